The highest BCUT2D eigenvalue weighted by Crippen LogP contribution is 2.29. The van der Waals surface area contributed by atoms with Crippen molar-refractivity contribution < 1.29 is 0 Å². The van der Waals surface area contributed by atoms with Gasteiger partial charge in [-0.25, -0.2) is 0 Å². The Labute approximate surface area is 112 Å². The third kappa shape index (κ3) is 2.79. The van der Waals surface area contributed by atoms with Crippen molar-refractivity contribution in [1.82, 2.24) is 4.98 Å². The zero-order valence-electron chi connectivity index (χ0n) is 10.5. The van der Waals surface area contributed by atoms with Gasteiger partial charge in [0, 0.05) is 23.1 Å². The average molecular weight is 260 g/mol. The van der Waals surface area contributed by atoms with Gasteiger partial charge in [0.2, 0.25) is 5.17 Å². The van der Waals surface area contributed by atoms with E-state index in [4.69, 9.17) is 0 Å². The lowest BCUT2D eigenvalue weighted by Crippen LogP contribution is -1.83. The van der Waals surface area contributed by atoms with Crippen molar-refractivity contribution in [1.29, 1.82) is 0 Å². The van der Waals surface area contributed by atoms with E-state index in [0.717, 1.165) is 35.2 Å². The number of nitrogens with one attached hydrogen (secondary N) is 1. The van der Waals surface area contributed by atoms with Gasteiger partial charge in [-0.2, -0.15) is 0 Å². The van der Waals surface area contributed by atoms with Gasteiger partial charge in [0.15, 0.2) is 0 Å². The largest absolute Gasteiger partial charge is 0.357 e. The number of rotatable bonds is 3. The molecule has 0 atom stereocenters. The Bertz CT molecular complexity index is 598. The molecule has 1 aromatic heterocycles. The summed E-state index contributed by atoms with van der Waals surface area (Å²) < 4.78 is 0. The molecule has 2 aromatic rings. The van der Waals surface area contributed by atoms with E-state index in [9.17, 15) is 0 Å². The number of aromatic nitrogens is 1. The Morgan fingerprint density at radius 2 is 2.11 bits per heavy atom. The second-order valence-corrected chi connectivity index (χ2v) is 4.43. The van der Waals surface area contributed by atoms with E-state index in [1.807, 2.05) is 31.2 Å². The van der Waals surface area contributed by atoms with Gasteiger partial charge in [0.05, 0.1) is 0 Å². The smallest absolute Gasteiger partial charge is 0.201 e. The Hall–Kier alpha value is -1.62. The van der Waals surface area contributed by atoms with Crippen LogP contribution in [0, 0.1) is 6.92 Å². The Morgan fingerprint density at radius 1 is 1.33 bits per heavy atom. The minimum atomic E-state index is 0.418. The molecule has 0 unspecified atom stereocenters. The maximum absolute atomic E-state index is 4.23. The van der Waals surface area contributed by atoms with Crippen LogP contribution in [0.1, 0.15) is 19.0 Å². The highest BCUT2D eigenvalue weighted by atomic mass is 32.1. The fraction of sp³-hybridized carbons (Fsp3) is 0.308. The molecule has 0 aliphatic rings. The molecule has 1 heterocycles. The van der Waals surface area contributed by atoms with E-state index >= 15 is 0 Å². The topological polar surface area (TPSA) is 52.9 Å². The van der Waals surface area contributed by atoms with Crippen LogP contribution in [-0.2, 0) is 0 Å². The number of fused-ring (bicyclic) bond motifs is 1. The molecular weight excluding hydrogens is 244 g/mol. The summed E-state index contributed by atoms with van der Waals surface area (Å²) in [6, 6.07) is 8.02. The summed E-state index contributed by atoms with van der Waals surface area (Å²) in [5, 5.41) is 9.75. The number of aromatic amines is 1. The number of aryl methyl sites for hydroxylation is 1. The monoisotopic (exact) mass is 260 g/mol. The molecule has 0 fully saturated rings. The third-order valence-corrected chi connectivity index (χ3v) is 2.81. The first kappa shape index (κ1) is 12.8. The molecule has 5 heteroatoms. The van der Waals surface area contributed by atoms with Crippen LogP contribution in [0.15, 0.2) is 39.5 Å². The predicted molar refractivity (Wildman–Crippen MR) is 79.1 cm³/mol. The highest BCUT2D eigenvalue weighted by molar-refractivity contribution is 7.96. The maximum Gasteiger partial charge on any atom is 0.201 e. The molecule has 18 heavy (non-hydrogen) atoms. The van der Waals surface area contributed by atoms with Gasteiger partial charge >= 0.3 is 0 Å². The molecule has 1 aromatic carbocycles. The average Bonchev–Trinajstić information content (AvgIpc) is 2.69. The molecule has 0 amide bonds. The predicted octanol–water partition coefficient (Wildman–Crippen LogP) is 4.26. The summed E-state index contributed by atoms with van der Waals surface area (Å²) in [4.78, 5) is 7.44. The lowest BCUT2D eigenvalue weighted by molar-refractivity contribution is 0.932. The fourth-order valence-electron chi connectivity index (χ4n) is 1.73. The van der Waals surface area contributed by atoms with Crippen molar-refractivity contribution in [3.8, 4) is 0 Å². The van der Waals surface area contributed by atoms with Crippen molar-refractivity contribution in [2.75, 3.05) is 6.54 Å². The van der Waals surface area contributed by atoms with Crippen molar-refractivity contribution in [2.24, 2.45) is 15.2 Å². The van der Waals surface area contributed by atoms with Gasteiger partial charge in [0.1, 0.15) is 5.69 Å². The van der Waals surface area contributed by atoms with Crippen LogP contribution in [0.2, 0.25) is 0 Å². The van der Waals surface area contributed by atoms with Crippen molar-refractivity contribution >= 4 is 34.4 Å². The highest BCUT2D eigenvalue weighted by Gasteiger charge is 2.06. The van der Waals surface area contributed by atoms with Crippen LogP contribution in [0.4, 0.5) is 5.69 Å². The molecule has 0 saturated carbocycles. The zero-order valence-corrected chi connectivity index (χ0v) is 11.4. The van der Waals surface area contributed by atoms with E-state index in [1.165, 1.54) is 0 Å². The number of aliphatic imine (C=N–C) groups is 1. The van der Waals surface area contributed by atoms with Gasteiger partial charge < -0.3 is 4.98 Å². The first-order valence-corrected chi connectivity index (χ1v) is 6.39. The van der Waals surface area contributed by atoms with E-state index in [0.29, 0.717) is 5.17 Å². The zero-order chi connectivity index (χ0) is 13.0. The minimum Gasteiger partial charge on any atom is -0.357 e. The van der Waals surface area contributed by atoms with Crippen LogP contribution in [0.25, 0.3) is 10.9 Å². The van der Waals surface area contributed by atoms with Gasteiger partial charge in [0.25, 0.3) is 0 Å². The van der Waals surface area contributed by atoms with Gasteiger partial charge in [-0.3, -0.25) is 4.99 Å². The van der Waals surface area contributed by atoms with E-state index in [-0.39, 0.29) is 0 Å². The number of benzene rings is 1. The standard InChI is InChI=1S/C13H16N4S/c1-3-8-14-13(18)17-16-12-9(2)15-11-7-5-4-6-10(11)12/h4-7,15H,3,8H2,1-2H3,(H,14,18)/b17-16+. The number of nitrogens with zero attached hydrogens (tertiary/aromatic N) is 3. The number of para-hydroxylation sites is 1. The normalized spacial score (nSPS) is 12.7. The van der Waals surface area contributed by atoms with E-state index in [1.54, 1.807) is 0 Å². The van der Waals surface area contributed by atoms with Crippen molar-refractivity contribution in [3.05, 3.63) is 30.0 Å². The Kier molecular flexibility index (Phi) is 4.15. The molecule has 0 spiro atoms. The lowest BCUT2D eigenvalue weighted by atomic mass is 10.2. The first-order chi connectivity index (χ1) is 8.72. The van der Waals surface area contributed by atoms with Crippen LogP contribution in [-0.4, -0.2) is 16.7 Å². The van der Waals surface area contributed by atoms with Crippen LogP contribution >= 0.6 is 12.6 Å². The van der Waals surface area contributed by atoms with Crippen molar-refractivity contribution in [3.63, 3.8) is 0 Å². The summed E-state index contributed by atoms with van der Waals surface area (Å²) >= 11 is 4.18. The molecule has 1 N–H and O–H groups in total. The quantitative estimate of drug-likeness (QED) is 0.359. The Balaban J connectivity index is 2.31. The number of hydrogen-bond acceptors (Lipinski definition) is 2. The number of azo groups is 1. The maximum atomic E-state index is 4.23. The fourth-order valence-corrected chi connectivity index (χ4v) is 1.87. The number of hydrogen-bond donors (Lipinski definition) is 2. The summed E-state index contributed by atoms with van der Waals surface area (Å²) in [5.74, 6) is 0. The van der Waals surface area contributed by atoms with Gasteiger partial charge in [-0.05, 0) is 19.4 Å². The SMILES string of the molecule is CCC/N=C(S)/N=N/c1c(C)[nH]c2ccccc12. The summed E-state index contributed by atoms with van der Waals surface area (Å²) in [6.45, 7) is 4.77. The second-order valence-electron chi connectivity index (χ2n) is 4.03. The second kappa shape index (κ2) is 5.82. The molecule has 0 saturated heterocycles. The lowest BCUT2D eigenvalue weighted by Gasteiger charge is -1.92. The summed E-state index contributed by atoms with van der Waals surface area (Å²) in [5.41, 5.74) is 2.91. The minimum absolute atomic E-state index is 0.418. The molecule has 0 aliphatic carbocycles. The molecule has 2 rings (SSSR count). The number of H-pyrrole nitrogens is 1. The number of thiol groups is 1. The van der Waals surface area contributed by atoms with Crippen molar-refractivity contribution in [2.45, 2.75) is 20.3 Å². The first-order valence-electron chi connectivity index (χ1n) is 5.95. The molecule has 0 aliphatic heterocycles. The summed E-state index contributed by atoms with van der Waals surface area (Å²) in [7, 11) is 0. The molecule has 4 nitrogen and oxygen atoms in total. The summed E-state index contributed by atoms with van der Waals surface area (Å²) in [6.07, 6.45) is 0.978. The van der Waals surface area contributed by atoms with E-state index in [2.05, 4.69) is 39.8 Å². The number of amidine groups is 1. The van der Waals surface area contributed by atoms with Crippen LogP contribution in [0.5, 0.6) is 0 Å². The molecule has 0 bridgehead atoms. The van der Waals surface area contributed by atoms with Crippen LogP contribution in [0.3, 0.4) is 0 Å². The Morgan fingerprint density at radius 3 is 2.89 bits per heavy atom. The van der Waals surface area contributed by atoms with E-state index < -0.39 is 0 Å². The molecular formula is C13H16N4S. The molecule has 94 valence electrons. The molecule has 0 radical (unpaired) electrons. The van der Waals surface area contributed by atoms with Crippen LogP contribution < -0.4 is 0 Å². The van der Waals surface area contributed by atoms with Gasteiger partial charge in [-0.15, -0.1) is 22.9 Å². The third-order valence-electron chi connectivity index (χ3n) is 2.58. The van der Waals surface area contributed by atoms with Gasteiger partial charge in [-0.1, -0.05) is 25.1 Å².